The first-order valence-corrected chi connectivity index (χ1v) is 9.87. The number of aldehydes is 1. The smallest absolute Gasteiger partial charge is 0.255 e. The number of piperazine rings is 1. The lowest BCUT2D eigenvalue weighted by Crippen LogP contribution is -2.48. The van der Waals surface area contributed by atoms with Gasteiger partial charge in [-0.3, -0.25) is 14.4 Å². The number of hydrogen-bond donors (Lipinski definition) is 3. The van der Waals surface area contributed by atoms with Crippen LogP contribution in [0.4, 0.5) is 5.69 Å². The number of carbonyl (C=O) groups excluding carboxylic acids is 4. The molecule has 0 aromatic heterocycles. The summed E-state index contributed by atoms with van der Waals surface area (Å²) < 4.78 is 0. The number of hydrogen-bond acceptors (Lipinski definition) is 6. The normalized spacial score (nSPS) is 16.9. The van der Waals surface area contributed by atoms with Gasteiger partial charge >= 0.3 is 0 Å². The fraction of sp³-hybridized carbons (Fsp3) is 0.500. The third-order valence-corrected chi connectivity index (χ3v) is 5.38. The Bertz CT molecular complexity index is 791. The van der Waals surface area contributed by atoms with Crippen molar-refractivity contribution in [1.29, 1.82) is 0 Å². The summed E-state index contributed by atoms with van der Waals surface area (Å²) in [6.07, 6.45) is 1.22. The van der Waals surface area contributed by atoms with Gasteiger partial charge in [-0.2, -0.15) is 0 Å². The van der Waals surface area contributed by atoms with Gasteiger partial charge in [0.25, 0.3) is 5.91 Å². The van der Waals surface area contributed by atoms with E-state index >= 15 is 0 Å². The Hall–Kier alpha value is -2.94. The maximum absolute atomic E-state index is 12.9. The van der Waals surface area contributed by atoms with E-state index in [4.69, 9.17) is 0 Å². The van der Waals surface area contributed by atoms with Gasteiger partial charge in [0.1, 0.15) is 12.3 Å². The van der Waals surface area contributed by atoms with Crippen LogP contribution in [0.5, 0.6) is 0 Å². The molecule has 2 heterocycles. The molecule has 1 atom stereocenters. The molecular weight excluding hydrogens is 374 g/mol. The van der Waals surface area contributed by atoms with Crippen molar-refractivity contribution in [2.75, 3.05) is 45.1 Å². The summed E-state index contributed by atoms with van der Waals surface area (Å²) >= 11 is 0. The van der Waals surface area contributed by atoms with Crippen molar-refractivity contribution >= 4 is 29.7 Å². The maximum Gasteiger partial charge on any atom is 0.255 e. The Morgan fingerprint density at radius 2 is 2.03 bits per heavy atom. The van der Waals surface area contributed by atoms with Crippen LogP contribution < -0.4 is 16.0 Å². The molecule has 9 heteroatoms. The number of carbonyl (C=O) groups is 4. The number of nitrogens with one attached hydrogen (secondary N) is 3. The summed E-state index contributed by atoms with van der Waals surface area (Å²) in [5.74, 6) is -0.521. The van der Waals surface area contributed by atoms with Gasteiger partial charge in [-0.05, 0) is 18.6 Å². The molecule has 1 aromatic carbocycles. The average Bonchev–Trinajstić information content (AvgIpc) is 3.09. The number of rotatable bonds is 8. The zero-order valence-electron chi connectivity index (χ0n) is 16.6. The first-order valence-electron chi connectivity index (χ1n) is 9.87. The second-order valence-electron chi connectivity index (χ2n) is 7.12. The van der Waals surface area contributed by atoms with Crippen molar-refractivity contribution in [1.82, 2.24) is 20.4 Å². The van der Waals surface area contributed by atoms with E-state index in [1.54, 1.807) is 12.1 Å². The van der Waals surface area contributed by atoms with Gasteiger partial charge in [-0.25, -0.2) is 0 Å². The van der Waals surface area contributed by atoms with Gasteiger partial charge in [-0.15, -0.1) is 0 Å². The molecule has 1 unspecified atom stereocenters. The number of anilines is 1. The predicted molar refractivity (Wildman–Crippen MR) is 107 cm³/mol. The van der Waals surface area contributed by atoms with Gasteiger partial charge in [-0.1, -0.05) is 6.07 Å². The van der Waals surface area contributed by atoms with Crippen LogP contribution in [0.2, 0.25) is 0 Å². The third kappa shape index (κ3) is 4.56. The van der Waals surface area contributed by atoms with Gasteiger partial charge in [0.15, 0.2) is 0 Å². The Kier molecular flexibility index (Phi) is 6.82. The van der Waals surface area contributed by atoms with Crippen LogP contribution in [0.1, 0.15) is 28.8 Å². The van der Waals surface area contributed by atoms with Crippen molar-refractivity contribution in [2.45, 2.75) is 25.4 Å². The van der Waals surface area contributed by atoms with E-state index < -0.39 is 6.04 Å². The lowest BCUT2D eigenvalue weighted by molar-refractivity contribution is -0.130. The minimum Gasteiger partial charge on any atom is -0.376 e. The van der Waals surface area contributed by atoms with Crippen LogP contribution >= 0.6 is 0 Å². The lowest BCUT2D eigenvalue weighted by Gasteiger charge is -2.28. The number of benzene rings is 1. The van der Waals surface area contributed by atoms with Crippen LogP contribution in [0.25, 0.3) is 0 Å². The largest absolute Gasteiger partial charge is 0.376 e. The zero-order valence-corrected chi connectivity index (χ0v) is 16.6. The zero-order chi connectivity index (χ0) is 20.8. The van der Waals surface area contributed by atoms with E-state index in [0.717, 1.165) is 24.9 Å². The molecule has 0 saturated carbocycles. The highest BCUT2D eigenvalue weighted by molar-refractivity contribution is 6.02. The van der Waals surface area contributed by atoms with Crippen molar-refractivity contribution in [3.8, 4) is 0 Å². The van der Waals surface area contributed by atoms with Gasteiger partial charge in [0.05, 0.1) is 6.54 Å². The quantitative estimate of drug-likeness (QED) is 0.511. The SMILES string of the molecule is CNC(=O)C(CCC=O)N1Cc2c(NCC(=O)N3CCNCC3)cccc2C1=O. The molecule has 3 N–H and O–H groups in total. The molecule has 9 nitrogen and oxygen atoms in total. The molecule has 3 amide bonds. The van der Waals surface area contributed by atoms with Crippen LogP contribution in [0.15, 0.2) is 18.2 Å². The van der Waals surface area contributed by atoms with Crippen LogP contribution in [-0.4, -0.2) is 79.6 Å². The highest BCUT2D eigenvalue weighted by Crippen LogP contribution is 2.31. The van der Waals surface area contributed by atoms with Crippen LogP contribution in [0, 0.1) is 0 Å². The Morgan fingerprint density at radius 1 is 1.28 bits per heavy atom. The molecule has 0 radical (unpaired) electrons. The molecule has 0 spiro atoms. The van der Waals surface area contributed by atoms with E-state index in [2.05, 4.69) is 16.0 Å². The number of amides is 3. The van der Waals surface area contributed by atoms with E-state index in [1.807, 2.05) is 11.0 Å². The topological polar surface area (TPSA) is 111 Å². The summed E-state index contributed by atoms with van der Waals surface area (Å²) in [5, 5.41) is 8.95. The minimum atomic E-state index is -0.708. The van der Waals surface area contributed by atoms with Gasteiger partial charge < -0.3 is 30.5 Å². The van der Waals surface area contributed by atoms with E-state index in [1.165, 1.54) is 11.9 Å². The van der Waals surface area contributed by atoms with Crippen LogP contribution in [-0.2, 0) is 20.9 Å². The Morgan fingerprint density at radius 3 is 2.72 bits per heavy atom. The fourth-order valence-electron chi connectivity index (χ4n) is 3.79. The molecule has 0 bridgehead atoms. The van der Waals surface area contributed by atoms with Gasteiger partial charge in [0, 0.05) is 63.0 Å². The molecule has 0 aliphatic carbocycles. The molecular formula is C20H27N5O4. The molecule has 156 valence electrons. The van der Waals surface area contributed by atoms with Crippen molar-refractivity contribution < 1.29 is 19.2 Å². The van der Waals surface area contributed by atoms with Crippen LogP contribution in [0.3, 0.4) is 0 Å². The number of nitrogens with zero attached hydrogens (tertiary/aromatic N) is 2. The number of fused-ring (bicyclic) bond motifs is 1. The molecule has 1 saturated heterocycles. The highest BCUT2D eigenvalue weighted by atomic mass is 16.2. The minimum absolute atomic E-state index is 0.0134. The first kappa shape index (κ1) is 20.8. The van der Waals surface area contributed by atoms with Crippen molar-refractivity contribution in [3.63, 3.8) is 0 Å². The first-order chi connectivity index (χ1) is 14.1. The van der Waals surface area contributed by atoms with E-state index in [0.29, 0.717) is 24.3 Å². The van der Waals surface area contributed by atoms with Crippen molar-refractivity contribution in [3.05, 3.63) is 29.3 Å². The standard InChI is InChI=1S/C20H27N5O4/c1-21-19(28)17(6-3-11-26)25-13-15-14(20(25)29)4-2-5-16(15)23-12-18(27)24-9-7-22-8-10-24/h2,4-5,11,17,22-23H,3,6-10,12-13H2,1H3,(H,21,28). The van der Waals surface area contributed by atoms with E-state index in [-0.39, 0.29) is 43.7 Å². The molecule has 29 heavy (non-hydrogen) atoms. The third-order valence-electron chi connectivity index (χ3n) is 5.38. The summed E-state index contributed by atoms with van der Waals surface area (Å²) in [6, 6.07) is 4.61. The summed E-state index contributed by atoms with van der Waals surface area (Å²) in [6.45, 7) is 3.36. The number of likely N-dealkylation sites (N-methyl/N-ethyl adjacent to an activating group) is 1. The monoisotopic (exact) mass is 401 g/mol. The van der Waals surface area contributed by atoms with Crippen molar-refractivity contribution in [2.24, 2.45) is 0 Å². The van der Waals surface area contributed by atoms with E-state index in [9.17, 15) is 19.2 Å². The predicted octanol–water partition coefficient (Wildman–Crippen LogP) is -0.420. The Labute approximate surface area is 169 Å². The fourth-order valence-corrected chi connectivity index (χ4v) is 3.79. The molecule has 2 aliphatic heterocycles. The maximum atomic E-state index is 12.9. The average molecular weight is 401 g/mol. The summed E-state index contributed by atoms with van der Waals surface area (Å²) in [7, 11) is 1.51. The highest BCUT2D eigenvalue weighted by Gasteiger charge is 2.37. The second kappa shape index (κ2) is 9.51. The molecule has 3 rings (SSSR count). The van der Waals surface area contributed by atoms with Gasteiger partial charge in [0.2, 0.25) is 11.8 Å². The second-order valence-corrected chi connectivity index (χ2v) is 7.12. The molecule has 1 aromatic rings. The molecule has 1 fully saturated rings. The summed E-state index contributed by atoms with van der Waals surface area (Å²) in [5.41, 5.74) is 2.00. The lowest BCUT2D eigenvalue weighted by atomic mass is 10.1. The molecule has 2 aliphatic rings. The Balaban J connectivity index is 1.72. The summed E-state index contributed by atoms with van der Waals surface area (Å²) in [4.78, 5) is 51.7.